The minimum atomic E-state index is -0.839. The highest BCUT2D eigenvalue weighted by molar-refractivity contribution is 5.90. The van der Waals surface area contributed by atoms with Gasteiger partial charge >= 0.3 is 12.0 Å². The number of hydrogen-bond donors (Lipinski definition) is 2. The topological polar surface area (TPSA) is 78.9 Å². The van der Waals surface area contributed by atoms with Gasteiger partial charge in [0.15, 0.2) is 0 Å². The van der Waals surface area contributed by atoms with Gasteiger partial charge in [0.05, 0.1) is 12.0 Å². The standard InChI is InChI=1S/C17H22N2O4/c20-16(21)12-9-10-19(11-12)17(22)18-13-5-7-15(8-6-13)23-14-3-1-2-4-14/h5-8,12,14H,1-4,9-11H2,(H,18,22)(H,20,21). The molecule has 124 valence electrons. The number of hydrogen-bond acceptors (Lipinski definition) is 3. The molecular formula is C17H22N2O4. The van der Waals surface area contributed by atoms with Crippen molar-refractivity contribution >= 4 is 17.7 Å². The van der Waals surface area contributed by atoms with Gasteiger partial charge in [-0.15, -0.1) is 0 Å². The quantitative estimate of drug-likeness (QED) is 0.894. The van der Waals surface area contributed by atoms with E-state index in [1.807, 2.05) is 24.3 Å². The molecule has 0 radical (unpaired) electrons. The van der Waals surface area contributed by atoms with Gasteiger partial charge in [-0.2, -0.15) is 0 Å². The molecule has 2 amide bonds. The summed E-state index contributed by atoms with van der Waals surface area (Å²) in [6, 6.07) is 7.09. The van der Waals surface area contributed by atoms with E-state index in [2.05, 4.69) is 5.32 Å². The summed E-state index contributed by atoms with van der Waals surface area (Å²) >= 11 is 0. The smallest absolute Gasteiger partial charge is 0.321 e. The van der Waals surface area contributed by atoms with Gasteiger partial charge in [0, 0.05) is 18.8 Å². The van der Waals surface area contributed by atoms with E-state index in [1.165, 1.54) is 12.8 Å². The lowest BCUT2D eigenvalue weighted by atomic mass is 10.1. The van der Waals surface area contributed by atoms with Crippen molar-refractivity contribution in [2.75, 3.05) is 18.4 Å². The Hall–Kier alpha value is -2.24. The minimum absolute atomic E-state index is 0.252. The van der Waals surface area contributed by atoms with Gasteiger partial charge in [-0.25, -0.2) is 4.79 Å². The van der Waals surface area contributed by atoms with E-state index >= 15 is 0 Å². The lowest BCUT2D eigenvalue weighted by molar-refractivity contribution is -0.141. The van der Waals surface area contributed by atoms with Crippen LogP contribution in [-0.2, 0) is 4.79 Å². The van der Waals surface area contributed by atoms with Crippen LogP contribution in [0.1, 0.15) is 32.1 Å². The second kappa shape index (κ2) is 6.89. The van der Waals surface area contributed by atoms with Crippen LogP contribution in [-0.4, -0.2) is 41.2 Å². The van der Waals surface area contributed by atoms with Crippen molar-refractivity contribution in [2.24, 2.45) is 5.92 Å². The van der Waals surface area contributed by atoms with E-state index in [4.69, 9.17) is 9.84 Å². The second-order valence-corrected chi connectivity index (χ2v) is 6.25. The second-order valence-electron chi connectivity index (χ2n) is 6.25. The average Bonchev–Trinajstić information content (AvgIpc) is 3.20. The van der Waals surface area contributed by atoms with Gasteiger partial charge in [-0.3, -0.25) is 4.79 Å². The van der Waals surface area contributed by atoms with Gasteiger partial charge in [-0.05, 0) is 56.4 Å². The van der Waals surface area contributed by atoms with Gasteiger partial charge in [-0.1, -0.05) is 0 Å². The molecule has 0 aromatic heterocycles. The first-order valence-corrected chi connectivity index (χ1v) is 8.17. The molecule has 1 heterocycles. The Labute approximate surface area is 135 Å². The Balaban J connectivity index is 1.51. The molecular weight excluding hydrogens is 296 g/mol. The maximum Gasteiger partial charge on any atom is 0.321 e. The number of rotatable bonds is 4. The zero-order valence-electron chi connectivity index (χ0n) is 13.0. The lowest BCUT2D eigenvalue weighted by Crippen LogP contribution is -2.33. The van der Waals surface area contributed by atoms with Crippen LogP contribution in [0.25, 0.3) is 0 Å². The molecule has 1 unspecified atom stereocenters. The molecule has 0 bridgehead atoms. The monoisotopic (exact) mass is 318 g/mol. The zero-order valence-corrected chi connectivity index (χ0v) is 13.0. The molecule has 1 aliphatic carbocycles. The van der Waals surface area contributed by atoms with Gasteiger partial charge in [0.2, 0.25) is 0 Å². The molecule has 3 rings (SSSR count). The Morgan fingerprint density at radius 3 is 2.43 bits per heavy atom. The van der Waals surface area contributed by atoms with Crippen molar-refractivity contribution in [3.63, 3.8) is 0 Å². The fraction of sp³-hybridized carbons (Fsp3) is 0.529. The van der Waals surface area contributed by atoms with Crippen molar-refractivity contribution in [3.05, 3.63) is 24.3 Å². The largest absolute Gasteiger partial charge is 0.490 e. The third-order valence-electron chi connectivity index (χ3n) is 4.54. The zero-order chi connectivity index (χ0) is 16.2. The number of benzene rings is 1. The molecule has 23 heavy (non-hydrogen) atoms. The Bertz CT molecular complexity index is 566. The third-order valence-corrected chi connectivity index (χ3v) is 4.54. The number of carboxylic acids is 1. The summed E-state index contributed by atoms with van der Waals surface area (Å²) in [4.78, 5) is 24.6. The van der Waals surface area contributed by atoms with Crippen molar-refractivity contribution < 1.29 is 19.4 Å². The van der Waals surface area contributed by atoms with E-state index in [9.17, 15) is 9.59 Å². The number of carbonyl (C=O) groups excluding carboxylic acids is 1. The first kappa shape index (κ1) is 15.6. The summed E-state index contributed by atoms with van der Waals surface area (Å²) in [5, 5.41) is 11.8. The van der Waals surface area contributed by atoms with Crippen LogP contribution in [0.15, 0.2) is 24.3 Å². The number of anilines is 1. The Morgan fingerprint density at radius 1 is 1.13 bits per heavy atom. The van der Waals surface area contributed by atoms with Crippen LogP contribution in [0.2, 0.25) is 0 Å². The first-order valence-electron chi connectivity index (χ1n) is 8.17. The highest BCUT2D eigenvalue weighted by Crippen LogP contribution is 2.25. The van der Waals surface area contributed by atoms with Gasteiger partial charge in [0.1, 0.15) is 5.75 Å². The van der Waals surface area contributed by atoms with Crippen LogP contribution >= 0.6 is 0 Å². The van der Waals surface area contributed by atoms with Crippen molar-refractivity contribution in [1.82, 2.24) is 4.90 Å². The van der Waals surface area contributed by atoms with Crippen LogP contribution in [0, 0.1) is 5.92 Å². The van der Waals surface area contributed by atoms with Crippen LogP contribution in [0.3, 0.4) is 0 Å². The molecule has 1 aromatic carbocycles. The highest BCUT2D eigenvalue weighted by atomic mass is 16.5. The van der Waals surface area contributed by atoms with E-state index in [-0.39, 0.29) is 12.6 Å². The van der Waals surface area contributed by atoms with Gasteiger partial charge < -0.3 is 20.1 Å². The minimum Gasteiger partial charge on any atom is -0.490 e. The van der Waals surface area contributed by atoms with E-state index < -0.39 is 11.9 Å². The molecule has 6 heteroatoms. The number of urea groups is 1. The summed E-state index contributed by atoms with van der Waals surface area (Å²) in [6.45, 7) is 0.746. The number of nitrogens with zero attached hydrogens (tertiary/aromatic N) is 1. The summed E-state index contributed by atoms with van der Waals surface area (Å²) in [6.07, 6.45) is 5.50. The molecule has 1 aromatic rings. The molecule has 1 atom stereocenters. The average molecular weight is 318 g/mol. The molecule has 2 aliphatic rings. The van der Waals surface area contributed by atoms with Crippen molar-refractivity contribution in [1.29, 1.82) is 0 Å². The normalized spacial score (nSPS) is 21.4. The SMILES string of the molecule is O=C(O)C1CCN(C(=O)Nc2ccc(OC3CCCC3)cc2)C1. The van der Waals surface area contributed by atoms with Gasteiger partial charge in [0.25, 0.3) is 0 Å². The van der Waals surface area contributed by atoms with Crippen molar-refractivity contribution in [3.8, 4) is 5.75 Å². The molecule has 2 fully saturated rings. The summed E-state index contributed by atoms with van der Waals surface area (Å²) < 4.78 is 5.89. The van der Waals surface area contributed by atoms with Crippen LogP contribution in [0.4, 0.5) is 10.5 Å². The molecule has 2 N–H and O–H groups in total. The number of carboxylic acid groups (broad SMARTS) is 1. The van der Waals surface area contributed by atoms with Crippen LogP contribution < -0.4 is 10.1 Å². The summed E-state index contributed by atoms with van der Waals surface area (Å²) in [5.74, 6) is -0.473. The predicted molar refractivity (Wildman–Crippen MR) is 85.7 cm³/mol. The Morgan fingerprint density at radius 2 is 1.83 bits per heavy atom. The predicted octanol–water partition coefficient (Wildman–Crippen LogP) is 2.95. The number of aliphatic carboxylic acids is 1. The number of ether oxygens (including phenoxy) is 1. The summed E-state index contributed by atoms with van der Waals surface area (Å²) in [5.41, 5.74) is 0.688. The molecule has 0 spiro atoms. The molecule has 1 aliphatic heterocycles. The van der Waals surface area contributed by atoms with Crippen LogP contribution in [0.5, 0.6) is 5.75 Å². The van der Waals surface area contributed by atoms with Crippen molar-refractivity contribution in [2.45, 2.75) is 38.2 Å². The number of carbonyl (C=O) groups is 2. The number of amides is 2. The lowest BCUT2D eigenvalue weighted by Gasteiger charge is -2.17. The van der Waals surface area contributed by atoms with E-state index in [0.29, 0.717) is 24.8 Å². The highest BCUT2D eigenvalue weighted by Gasteiger charge is 2.30. The number of nitrogens with one attached hydrogen (secondary N) is 1. The molecule has 1 saturated carbocycles. The maximum atomic E-state index is 12.1. The van der Waals surface area contributed by atoms with E-state index in [0.717, 1.165) is 18.6 Å². The fourth-order valence-corrected chi connectivity index (χ4v) is 3.16. The van der Waals surface area contributed by atoms with E-state index in [1.54, 1.807) is 4.90 Å². The fourth-order valence-electron chi connectivity index (χ4n) is 3.16. The molecule has 6 nitrogen and oxygen atoms in total. The molecule has 1 saturated heterocycles. The summed E-state index contributed by atoms with van der Waals surface area (Å²) in [7, 11) is 0. The number of likely N-dealkylation sites (tertiary alicyclic amines) is 1. The first-order chi connectivity index (χ1) is 11.1. The third kappa shape index (κ3) is 3.94. The maximum absolute atomic E-state index is 12.1. The Kier molecular flexibility index (Phi) is 4.69.